The van der Waals surface area contributed by atoms with Crippen molar-refractivity contribution in [3.05, 3.63) is 53.6 Å². The zero-order valence-corrected chi connectivity index (χ0v) is 15.2. The molecule has 0 spiro atoms. The molecular formula is C18H23NO4S. The molecular weight excluding hydrogens is 326 g/mol. The van der Waals surface area contributed by atoms with E-state index < -0.39 is 10.0 Å². The van der Waals surface area contributed by atoms with Crippen LogP contribution in [0.5, 0.6) is 11.5 Å². The molecule has 6 heteroatoms. The van der Waals surface area contributed by atoms with E-state index in [-0.39, 0.29) is 10.9 Å². The Morgan fingerprint density at radius 1 is 1.12 bits per heavy atom. The first-order chi connectivity index (χ1) is 11.4. The lowest BCUT2D eigenvalue weighted by molar-refractivity contribution is 0.340. The summed E-state index contributed by atoms with van der Waals surface area (Å²) in [4.78, 5) is 0.221. The van der Waals surface area contributed by atoms with Crippen molar-refractivity contribution >= 4 is 10.0 Å². The van der Waals surface area contributed by atoms with Crippen molar-refractivity contribution < 1.29 is 17.9 Å². The highest BCUT2D eigenvalue weighted by Gasteiger charge is 2.19. The maximum Gasteiger partial charge on any atom is 0.241 e. The zero-order valence-electron chi connectivity index (χ0n) is 14.4. The molecule has 24 heavy (non-hydrogen) atoms. The molecule has 1 unspecified atom stereocenters. The number of aryl methyl sites for hydroxylation is 1. The van der Waals surface area contributed by atoms with E-state index in [0.29, 0.717) is 12.4 Å². The van der Waals surface area contributed by atoms with Crippen molar-refractivity contribution in [1.82, 2.24) is 4.72 Å². The molecule has 1 N–H and O–H groups in total. The maximum atomic E-state index is 12.6. The van der Waals surface area contributed by atoms with Gasteiger partial charge in [-0.3, -0.25) is 0 Å². The van der Waals surface area contributed by atoms with E-state index in [0.717, 1.165) is 16.9 Å². The number of methoxy groups -OCH3 is 1. The van der Waals surface area contributed by atoms with Crippen LogP contribution in [0.2, 0.25) is 0 Å². The lowest BCUT2D eigenvalue weighted by Gasteiger charge is -2.16. The van der Waals surface area contributed by atoms with Gasteiger partial charge in [0.15, 0.2) is 0 Å². The van der Waals surface area contributed by atoms with Crippen LogP contribution < -0.4 is 14.2 Å². The molecule has 1 atom stereocenters. The van der Waals surface area contributed by atoms with Gasteiger partial charge in [0.05, 0.1) is 18.6 Å². The molecule has 0 saturated heterocycles. The molecule has 2 rings (SSSR count). The third-order valence-electron chi connectivity index (χ3n) is 3.70. The van der Waals surface area contributed by atoms with Crippen LogP contribution in [0.3, 0.4) is 0 Å². The normalized spacial score (nSPS) is 12.7. The topological polar surface area (TPSA) is 64.6 Å². The van der Waals surface area contributed by atoms with Gasteiger partial charge in [0.1, 0.15) is 11.5 Å². The van der Waals surface area contributed by atoms with Gasteiger partial charge in [-0.15, -0.1) is 0 Å². The number of hydrogen-bond donors (Lipinski definition) is 1. The molecule has 5 nitrogen and oxygen atoms in total. The molecule has 0 aromatic heterocycles. The fourth-order valence-electron chi connectivity index (χ4n) is 2.41. The van der Waals surface area contributed by atoms with Gasteiger partial charge >= 0.3 is 0 Å². The van der Waals surface area contributed by atoms with Crippen molar-refractivity contribution in [2.24, 2.45) is 0 Å². The van der Waals surface area contributed by atoms with E-state index in [1.54, 1.807) is 25.3 Å². The highest BCUT2D eigenvalue weighted by molar-refractivity contribution is 7.89. The van der Waals surface area contributed by atoms with Gasteiger partial charge in [0.2, 0.25) is 10.0 Å². The summed E-state index contributed by atoms with van der Waals surface area (Å²) >= 11 is 0. The van der Waals surface area contributed by atoms with E-state index in [2.05, 4.69) is 4.72 Å². The summed E-state index contributed by atoms with van der Waals surface area (Å²) < 4.78 is 38.4. The van der Waals surface area contributed by atoms with Crippen LogP contribution in [-0.2, 0) is 10.0 Å². The summed E-state index contributed by atoms with van der Waals surface area (Å²) in [5.74, 6) is 1.43. The van der Waals surface area contributed by atoms with Crippen LogP contribution in [0.25, 0.3) is 0 Å². The second-order valence-corrected chi connectivity index (χ2v) is 7.19. The molecule has 0 amide bonds. The van der Waals surface area contributed by atoms with Crippen LogP contribution in [0.4, 0.5) is 0 Å². The molecule has 0 aliphatic heterocycles. The molecule has 0 aliphatic rings. The largest absolute Gasteiger partial charge is 0.496 e. The van der Waals surface area contributed by atoms with Crippen LogP contribution in [-0.4, -0.2) is 22.1 Å². The second-order valence-electron chi connectivity index (χ2n) is 5.48. The van der Waals surface area contributed by atoms with Gasteiger partial charge < -0.3 is 9.47 Å². The predicted octanol–water partition coefficient (Wildman–Crippen LogP) is 3.44. The fourth-order valence-corrected chi connectivity index (χ4v) is 3.72. The number of sulfonamides is 1. The molecule has 2 aromatic rings. The molecule has 0 bridgehead atoms. The van der Waals surface area contributed by atoms with E-state index >= 15 is 0 Å². The van der Waals surface area contributed by atoms with Gasteiger partial charge in [-0.05, 0) is 62.2 Å². The first-order valence-electron chi connectivity index (χ1n) is 7.77. The second kappa shape index (κ2) is 7.68. The standard InChI is InChI=1S/C18H23NO4S/c1-5-23-16-8-6-15(7-9-16)14(3)19-24(20,21)17-10-11-18(22-4)13(2)12-17/h6-12,14,19H,5H2,1-4H3. The third-order valence-corrected chi connectivity index (χ3v) is 5.24. The molecule has 0 heterocycles. The van der Waals surface area contributed by atoms with Crippen LogP contribution >= 0.6 is 0 Å². The zero-order chi connectivity index (χ0) is 17.7. The number of rotatable bonds is 7. The summed E-state index contributed by atoms with van der Waals surface area (Å²) in [5, 5.41) is 0. The fraction of sp³-hybridized carbons (Fsp3) is 0.333. The van der Waals surface area contributed by atoms with Gasteiger partial charge in [0, 0.05) is 6.04 Å². The van der Waals surface area contributed by atoms with Gasteiger partial charge in [-0.1, -0.05) is 12.1 Å². The Kier molecular flexibility index (Phi) is 5.85. The van der Waals surface area contributed by atoms with Gasteiger partial charge in [-0.2, -0.15) is 0 Å². The summed E-state index contributed by atoms with van der Waals surface area (Å²) in [7, 11) is -2.05. The molecule has 0 aliphatic carbocycles. The third kappa shape index (κ3) is 4.27. The minimum atomic E-state index is -3.61. The average Bonchev–Trinajstić information content (AvgIpc) is 2.55. The Morgan fingerprint density at radius 2 is 1.79 bits per heavy atom. The van der Waals surface area contributed by atoms with Crippen molar-refractivity contribution in [3.8, 4) is 11.5 Å². The van der Waals surface area contributed by atoms with Crippen LogP contribution in [0.1, 0.15) is 31.0 Å². The maximum absolute atomic E-state index is 12.6. The minimum absolute atomic E-state index is 0.221. The molecule has 0 radical (unpaired) electrons. The Morgan fingerprint density at radius 3 is 2.33 bits per heavy atom. The number of nitrogens with one attached hydrogen (secondary N) is 1. The van der Waals surface area contributed by atoms with Gasteiger partial charge in [0.25, 0.3) is 0 Å². The Hall–Kier alpha value is -2.05. The highest BCUT2D eigenvalue weighted by atomic mass is 32.2. The highest BCUT2D eigenvalue weighted by Crippen LogP contribution is 2.23. The van der Waals surface area contributed by atoms with Crippen molar-refractivity contribution in [1.29, 1.82) is 0 Å². The Labute approximate surface area is 143 Å². The Balaban J connectivity index is 2.17. The molecule has 2 aromatic carbocycles. The lowest BCUT2D eigenvalue weighted by Crippen LogP contribution is -2.27. The van der Waals surface area contributed by atoms with Crippen LogP contribution in [0, 0.1) is 6.92 Å². The molecule has 130 valence electrons. The smallest absolute Gasteiger partial charge is 0.241 e. The predicted molar refractivity (Wildman–Crippen MR) is 94.1 cm³/mol. The average molecular weight is 349 g/mol. The van der Waals surface area contributed by atoms with E-state index in [9.17, 15) is 8.42 Å². The van der Waals surface area contributed by atoms with Gasteiger partial charge in [-0.25, -0.2) is 13.1 Å². The summed E-state index contributed by atoms with van der Waals surface area (Å²) in [6.45, 7) is 6.14. The van der Waals surface area contributed by atoms with Crippen molar-refractivity contribution in [2.75, 3.05) is 13.7 Å². The quantitative estimate of drug-likeness (QED) is 0.832. The first kappa shape index (κ1) is 18.3. The van der Waals surface area contributed by atoms with E-state index in [4.69, 9.17) is 9.47 Å². The minimum Gasteiger partial charge on any atom is -0.496 e. The molecule has 0 saturated carbocycles. The number of ether oxygens (including phenoxy) is 2. The van der Waals surface area contributed by atoms with Crippen molar-refractivity contribution in [3.63, 3.8) is 0 Å². The van der Waals surface area contributed by atoms with E-state index in [1.807, 2.05) is 45.0 Å². The molecule has 0 fully saturated rings. The summed E-state index contributed by atoms with van der Waals surface area (Å²) in [5.41, 5.74) is 1.64. The number of benzene rings is 2. The Bertz CT molecular complexity index is 785. The number of hydrogen-bond acceptors (Lipinski definition) is 4. The summed E-state index contributed by atoms with van der Waals surface area (Å²) in [6, 6.07) is 11.8. The lowest BCUT2D eigenvalue weighted by atomic mass is 10.1. The van der Waals surface area contributed by atoms with Crippen molar-refractivity contribution in [2.45, 2.75) is 31.7 Å². The summed E-state index contributed by atoms with van der Waals surface area (Å²) in [6.07, 6.45) is 0. The van der Waals surface area contributed by atoms with Crippen LogP contribution in [0.15, 0.2) is 47.4 Å². The first-order valence-corrected chi connectivity index (χ1v) is 9.25. The van der Waals surface area contributed by atoms with E-state index in [1.165, 1.54) is 0 Å². The SMILES string of the molecule is CCOc1ccc(C(C)NS(=O)(=O)c2ccc(OC)c(C)c2)cc1. The monoisotopic (exact) mass is 349 g/mol.